The first-order valence-electron chi connectivity index (χ1n) is 12.5. The average Bonchev–Trinajstić information content (AvgIpc) is 3.31. The van der Waals surface area contributed by atoms with Crippen molar-refractivity contribution in [2.45, 2.75) is 32.5 Å². The smallest absolute Gasteiger partial charge is 0.232 e. The van der Waals surface area contributed by atoms with E-state index < -0.39 is 6.10 Å². The zero-order valence-corrected chi connectivity index (χ0v) is 21.1. The lowest BCUT2D eigenvalue weighted by Gasteiger charge is -2.31. The third-order valence-corrected chi connectivity index (χ3v) is 6.74. The van der Waals surface area contributed by atoms with Crippen molar-refractivity contribution in [2.75, 3.05) is 57.9 Å². The van der Waals surface area contributed by atoms with Crippen molar-refractivity contribution >= 4 is 5.88 Å². The summed E-state index contributed by atoms with van der Waals surface area (Å²) >= 11 is 0. The Balaban J connectivity index is 1.61. The largest absolute Gasteiger partial charge is 0.387 e. The van der Waals surface area contributed by atoms with E-state index in [4.69, 9.17) is 9.26 Å². The summed E-state index contributed by atoms with van der Waals surface area (Å²) < 4.78 is 11.4. The minimum Gasteiger partial charge on any atom is -0.387 e. The number of benzene rings is 2. The highest BCUT2D eigenvalue weighted by atomic mass is 16.5. The second-order valence-corrected chi connectivity index (χ2v) is 9.50. The number of anilines is 1. The number of ether oxygens (including phenoxy) is 1. The molecule has 35 heavy (non-hydrogen) atoms. The topological polar surface area (TPSA) is 65.2 Å². The molecule has 188 valence electrons. The summed E-state index contributed by atoms with van der Waals surface area (Å²) in [6.45, 7) is 10.6. The van der Waals surface area contributed by atoms with Crippen LogP contribution in [0.25, 0.3) is 11.3 Å². The van der Waals surface area contributed by atoms with Crippen LogP contribution in [0.5, 0.6) is 0 Å². The molecule has 1 fully saturated rings. The maximum Gasteiger partial charge on any atom is 0.232 e. The number of aromatic nitrogens is 1. The van der Waals surface area contributed by atoms with E-state index in [0.29, 0.717) is 13.1 Å². The number of morpholine rings is 1. The second-order valence-electron chi connectivity index (χ2n) is 9.50. The molecule has 7 heteroatoms. The summed E-state index contributed by atoms with van der Waals surface area (Å²) in [5, 5.41) is 15.6. The molecule has 0 aliphatic carbocycles. The molecule has 0 bridgehead atoms. The molecular formula is C28H38N4O3. The Morgan fingerprint density at radius 3 is 2.31 bits per heavy atom. The van der Waals surface area contributed by atoms with Gasteiger partial charge in [-0.3, -0.25) is 9.80 Å². The third-order valence-electron chi connectivity index (χ3n) is 6.74. The molecule has 1 N–H and O–H groups in total. The van der Waals surface area contributed by atoms with Crippen molar-refractivity contribution in [3.05, 3.63) is 71.8 Å². The van der Waals surface area contributed by atoms with E-state index in [1.165, 1.54) is 0 Å². The van der Waals surface area contributed by atoms with Crippen LogP contribution in [0.1, 0.15) is 31.1 Å². The molecule has 2 aromatic carbocycles. The van der Waals surface area contributed by atoms with Crippen LogP contribution in [-0.2, 0) is 11.3 Å². The summed E-state index contributed by atoms with van der Waals surface area (Å²) in [6.07, 6.45) is -0.577. The van der Waals surface area contributed by atoms with E-state index >= 15 is 0 Å². The summed E-state index contributed by atoms with van der Waals surface area (Å²) in [5.74, 6) is 0.782. The fourth-order valence-corrected chi connectivity index (χ4v) is 4.37. The van der Waals surface area contributed by atoms with E-state index in [9.17, 15) is 5.11 Å². The SMILES string of the molecule is CC(C)N(C)c1onc(-c2ccccc2)c1CN(CCN1CCOCC1)CC(O)c1ccccc1. The Labute approximate surface area is 208 Å². The summed E-state index contributed by atoms with van der Waals surface area (Å²) in [7, 11) is 2.04. The van der Waals surface area contributed by atoms with Crippen LogP contribution < -0.4 is 4.90 Å². The van der Waals surface area contributed by atoms with Gasteiger partial charge in [0.1, 0.15) is 5.69 Å². The van der Waals surface area contributed by atoms with Crippen LogP contribution in [0.2, 0.25) is 0 Å². The van der Waals surface area contributed by atoms with Gasteiger partial charge in [-0.05, 0) is 19.4 Å². The third kappa shape index (κ3) is 6.70. The van der Waals surface area contributed by atoms with Gasteiger partial charge < -0.3 is 19.3 Å². The number of hydrogen-bond acceptors (Lipinski definition) is 7. The van der Waals surface area contributed by atoms with Crippen LogP contribution in [-0.4, -0.2) is 79.1 Å². The molecule has 1 aliphatic heterocycles. The van der Waals surface area contributed by atoms with Crippen LogP contribution in [0.15, 0.2) is 65.2 Å². The van der Waals surface area contributed by atoms with Crippen molar-refractivity contribution < 1.29 is 14.4 Å². The molecule has 1 aliphatic rings. The number of rotatable bonds is 11. The van der Waals surface area contributed by atoms with Gasteiger partial charge in [0.05, 0.1) is 24.9 Å². The van der Waals surface area contributed by atoms with Crippen molar-refractivity contribution in [3.8, 4) is 11.3 Å². The summed E-state index contributed by atoms with van der Waals surface area (Å²) in [4.78, 5) is 6.88. The first-order chi connectivity index (χ1) is 17.0. The van der Waals surface area contributed by atoms with Crippen molar-refractivity contribution in [3.63, 3.8) is 0 Å². The minimum absolute atomic E-state index is 0.266. The van der Waals surface area contributed by atoms with Crippen LogP contribution in [0.3, 0.4) is 0 Å². The molecular weight excluding hydrogens is 440 g/mol. The Kier molecular flexibility index (Phi) is 8.93. The van der Waals surface area contributed by atoms with Gasteiger partial charge in [0.25, 0.3) is 0 Å². The molecule has 7 nitrogen and oxygen atoms in total. The first kappa shape index (κ1) is 25.4. The average molecular weight is 479 g/mol. The zero-order valence-electron chi connectivity index (χ0n) is 21.1. The summed E-state index contributed by atoms with van der Waals surface area (Å²) in [6, 6.07) is 20.3. The highest BCUT2D eigenvalue weighted by molar-refractivity contribution is 5.68. The van der Waals surface area contributed by atoms with E-state index in [-0.39, 0.29) is 6.04 Å². The maximum absolute atomic E-state index is 11.1. The van der Waals surface area contributed by atoms with E-state index in [0.717, 1.165) is 67.7 Å². The predicted octanol–water partition coefficient (Wildman–Crippen LogP) is 4.05. The normalized spacial score (nSPS) is 15.6. The quantitative estimate of drug-likeness (QED) is 0.446. The molecule has 4 rings (SSSR count). The van der Waals surface area contributed by atoms with Gasteiger partial charge in [0.15, 0.2) is 0 Å². The summed E-state index contributed by atoms with van der Waals surface area (Å²) in [5.41, 5.74) is 3.87. The molecule has 1 aromatic heterocycles. The molecule has 1 atom stereocenters. The molecule has 0 saturated carbocycles. The highest BCUT2D eigenvalue weighted by Gasteiger charge is 2.25. The fourth-order valence-electron chi connectivity index (χ4n) is 4.37. The molecule has 0 spiro atoms. The van der Waals surface area contributed by atoms with Crippen LogP contribution in [0.4, 0.5) is 5.88 Å². The molecule has 0 radical (unpaired) electrons. The molecule has 1 saturated heterocycles. The van der Waals surface area contributed by atoms with Gasteiger partial charge in [0, 0.05) is 57.9 Å². The lowest BCUT2D eigenvalue weighted by molar-refractivity contribution is 0.0291. The van der Waals surface area contributed by atoms with Crippen molar-refractivity contribution in [2.24, 2.45) is 0 Å². The lowest BCUT2D eigenvalue weighted by Crippen LogP contribution is -2.42. The maximum atomic E-state index is 11.1. The predicted molar refractivity (Wildman–Crippen MR) is 139 cm³/mol. The van der Waals surface area contributed by atoms with Gasteiger partial charge >= 0.3 is 0 Å². The lowest BCUT2D eigenvalue weighted by atomic mass is 10.1. The van der Waals surface area contributed by atoms with Crippen LogP contribution >= 0.6 is 0 Å². The van der Waals surface area contributed by atoms with Crippen molar-refractivity contribution in [1.82, 2.24) is 15.0 Å². The van der Waals surface area contributed by atoms with E-state index in [2.05, 4.69) is 45.8 Å². The van der Waals surface area contributed by atoms with Gasteiger partial charge in [-0.1, -0.05) is 65.8 Å². The number of hydrogen-bond donors (Lipinski definition) is 1. The fraction of sp³-hybridized carbons (Fsp3) is 0.464. The molecule has 3 aromatic rings. The van der Waals surface area contributed by atoms with Crippen LogP contribution in [0, 0.1) is 0 Å². The monoisotopic (exact) mass is 478 g/mol. The zero-order chi connectivity index (χ0) is 24.6. The van der Waals surface area contributed by atoms with Gasteiger partial charge in [-0.25, -0.2) is 0 Å². The van der Waals surface area contributed by atoms with Gasteiger partial charge in [0.2, 0.25) is 5.88 Å². The number of aliphatic hydroxyl groups is 1. The van der Waals surface area contributed by atoms with E-state index in [1.54, 1.807) is 0 Å². The molecule has 0 amide bonds. The van der Waals surface area contributed by atoms with E-state index in [1.807, 2.05) is 55.6 Å². The Morgan fingerprint density at radius 1 is 1.00 bits per heavy atom. The number of nitrogens with zero attached hydrogens (tertiary/aromatic N) is 4. The van der Waals surface area contributed by atoms with Gasteiger partial charge in [-0.15, -0.1) is 0 Å². The minimum atomic E-state index is -0.577. The van der Waals surface area contributed by atoms with Crippen molar-refractivity contribution in [1.29, 1.82) is 0 Å². The molecule has 2 heterocycles. The molecule has 1 unspecified atom stereocenters. The standard InChI is InChI=1S/C28H38N4O3/c1-22(2)30(3)28-25(27(29-35-28)24-12-8-5-9-13-24)20-32(15-14-31-16-18-34-19-17-31)21-26(33)23-10-6-4-7-11-23/h4-13,22,26,33H,14-21H2,1-3H3. The highest BCUT2D eigenvalue weighted by Crippen LogP contribution is 2.33. The van der Waals surface area contributed by atoms with Gasteiger partial charge in [-0.2, -0.15) is 0 Å². The Morgan fingerprint density at radius 2 is 1.66 bits per heavy atom. The Bertz CT molecular complexity index is 1020. The second kappa shape index (κ2) is 12.3. The number of aliphatic hydroxyl groups excluding tert-OH is 1. The first-order valence-corrected chi connectivity index (χ1v) is 12.5. The Hall–Kier alpha value is -2.71.